The molecule has 0 aliphatic heterocycles. The Morgan fingerprint density at radius 2 is 0.977 bits per heavy atom. The molecular formula is C44H48. The Kier molecular flexibility index (Phi) is 6.24. The maximum atomic E-state index is 2.58. The van der Waals surface area contributed by atoms with Gasteiger partial charge in [-0.15, -0.1) is 0 Å². The second-order valence-corrected chi connectivity index (χ2v) is 16.1. The van der Waals surface area contributed by atoms with Gasteiger partial charge in [0.25, 0.3) is 0 Å². The highest BCUT2D eigenvalue weighted by molar-refractivity contribution is 6.24. The fourth-order valence-electron chi connectivity index (χ4n) is 8.32. The van der Waals surface area contributed by atoms with Crippen LogP contribution in [-0.4, -0.2) is 0 Å². The molecule has 0 unspecified atom stereocenters. The Bertz CT molecular complexity index is 2050. The Morgan fingerprint density at radius 3 is 1.55 bits per heavy atom. The van der Waals surface area contributed by atoms with Gasteiger partial charge in [-0.25, -0.2) is 0 Å². The average molecular weight is 577 g/mol. The van der Waals surface area contributed by atoms with E-state index in [1.807, 2.05) is 0 Å². The van der Waals surface area contributed by atoms with E-state index in [4.69, 9.17) is 0 Å². The van der Waals surface area contributed by atoms with Crippen molar-refractivity contribution in [3.63, 3.8) is 0 Å². The molecule has 0 saturated heterocycles. The maximum Gasteiger partial charge on any atom is 0.0210 e. The molecule has 0 heterocycles. The lowest BCUT2D eigenvalue weighted by molar-refractivity contribution is 0.486. The molecule has 0 N–H and O–H groups in total. The number of rotatable bonds is 4. The van der Waals surface area contributed by atoms with Crippen LogP contribution in [0.3, 0.4) is 0 Å². The monoisotopic (exact) mass is 576 g/mol. The topological polar surface area (TPSA) is 0 Å². The molecule has 224 valence electrons. The van der Waals surface area contributed by atoms with Crippen LogP contribution in [0.1, 0.15) is 115 Å². The second kappa shape index (κ2) is 9.43. The van der Waals surface area contributed by atoms with Crippen LogP contribution in [0.5, 0.6) is 0 Å². The van der Waals surface area contributed by atoms with Crippen LogP contribution >= 0.6 is 0 Å². The Morgan fingerprint density at radius 1 is 0.477 bits per heavy atom. The van der Waals surface area contributed by atoms with E-state index in [1.54, 1.807) is 0 Å². The second-order valence-electron chi connectivity index (χ2n) is 16.1. The van der Waals surface area contributed by atoms with Crippen LogP contribution in [0.4, 0.5) is 0 Å². The quantitative estimate of drug-likeness (QED) is 0.183. The zero-order valence-electron chi connectivity index (χ0n) is 28.5. The third kappa shape index (κ3) is 4.02. The van der Waals surface area contributed by atoms with Gasteiger partial charge in [0, 0.05) is 10.8 Å². The lowest BCUT2D eigenvalue weighted by atomic mass is 9.70. The highest BCUT2D eigenvalue weighted by Crippen LogP contribution is 2.55. The molecule has 0 spiro atoms. The van der Waals surface area contributed by atoms with Crippen molar-refractivity contribution in [2.24, 2.45) is 0 Å². The van der Waals surface area contributed by atoms with E-state index in [-0.39, 0.29) is 21.7 Å². The van der Waals surface area contributed by atoms with Gasteiger partial charge in [0.05, 0.1) is 0 Å². The average Bonchev–Trinajstić information content (AvgIpc) is 3.27. The van der Waals surface area contributed by atoms with E-state index in [1.165, 1.54) is 76.8 Å². The van der Waals surface area contributed by atoms with Crippen molar-refractivity contribution >= 4 is 32.3 Å². The molecule has 0 nitrogen and oxygen atoms in total. The number of hydrogen-bond acceptors (Lipinski definition) is 0. The van der Waals surface area contributed by atoms with Gasteiger partial charge in [0.15, 0.2) is 0 Å². The molecule has 0 saturated carbocycles. The Hall–Kier alpha value is -3.64. The van der Waals surface area contributed by atoms with Crippen molar-refractivity contribution in [3.8, 4) is 11.1 Å². The normalized spacial score (nSPS) is 15.0. The van der Waals surface area contributed by atoms with Crippen LogP contribution in [0.15, 0.2) is 84.9 Å². The molecule has 0 atom stereocenters. The molecule has 1 aliphatic rings. The van der Waals surface area contributed by atoms with Crippen LogP contribution in [0.25, 0.3) is 43.4 Å². The summed E-state index contributed by atoms with van der Waals surface area (Å²) in [6.07, 6.45) is 2.21. The van der Waals surface area contributed by atoms with E-state index in [0.717, 1.165) is 12.8 Å². The zero-order chi connectivity index (χ0) is 31.4. The predicted molar refractivity (Wildman–Crippen MR) is 193 cm³/mol. The van der Waals surface area contributed by atoms with E-state index < -0.39 is 0 Å². The first-order valence-electron chi connectivity index (χ1n) is 16.7. The molecule has 44 heavy (non-hydrogen) atoms. The molecule has 0 fully saturated rings. The molecule has 6 aromatic rings. The number of hydrogen-bond donors (Lipinski definition) is 0. The zero-order valence-corrected chi connectivity index (χ0v) is 28.5. The molecule has 6 aromatic carbocycles. The lowest BCUT2D eigenvalue weighted by Crippen LogP contribution is -2.25. The van der Waals surface area contributed by atoms with Crippen LogP contribution in [0.2, 0.25) is 0 Å². The van der Waals surface area contributed by atoms with Crippen molar-refractivity contribution in [3.05, 3.63) is 118 Å². The summed E-state index contributed by atoms with van der Waals surface area (Å²) in [5, 5.41) is 8.22. The van der Waals surface area contributed by atoms with Gasteiger partial charge in [-0.05, 0) is 100 Å². The van der Waals surface area contributed by atoms with Crippen LogP contribution in [-0.2, 0) is 21.7 Å². The van der Waals surface area contributed by atoms with E-state index in [0.29, 0.717) is 0 Å². The maximum absolute atomic E-state index is 2.58. The highest BCUT2D eigenvalue weighted by Gasteiger charge is 2.42. The van der Waals surface area contributed by atoms with Gasteiger partial charge in [0.2, 0.25) is 0 Å². The number of fused-ring (bicyclic) bond motifs is 3. The first-order valence-corrected chi connectivity index (χ1v) is 16.7. The van der Waals surface area contributed by atoms with Gasteiger partial charge >= 0.3 is 0 Å². The highest BCUT2D eigenvalue weighted by atomic mass is 14.4. The third-order valence-electron chi connectivity index (χ3n) is 11.3. The number of benzene rings is 6. The molecule has 0 heteroatoms. The molecule has 7 rings (SSSR count). The van der Waals surface area contributed by atoms with Gasteiger partial charge in [-0.3, -0.25) is 0 Å². The molecule has 1 aliphatic carbocycles. The van der Waals surface area contributed by atoms with Crippen molar-refractivity contribution in [2.75, 3.05) is 0 Å². The third-order valence-corrected chi connectivity index (χ3v) is 11.3. The van der Waals surface area contributed by atoms with Crippen molar-refractivity contribution < 1.29 is 0 Å². The summed E-state index contributed by atoms with van der Waals surface area (Å²) >= 11 is 0. The first-order chi connectivity index (χ1) is 20.7. The van der Waals surface area contributed by atoms with Gasteiger partial charge in [-0.1, -0.05) is 154 Å². The fraction of sp³-hybridized carbons (Fsp3) is 0.364. The summed E-state index contributed by atoms with van der Waals surface area (Å²) in [6, 6.07) is 33.7. The molecule has 0 amide bonds. The minimum absolute atomic E-state index is 0.0471. The van der Waals surface area contributed by atoms with Crippen molar-refractivity contribution in [1.82, 2.24) is 0 Å². The van der Waals surface area contributed by atoms with Crippen molar-refractivity contribution in [2.45, 2.75) is 104 Å². The standard InChI is InChI=1S/C44H48/c1-11-44(12-2)37-25-30(41(3,4)5)17-20-33(37)34-21-18-31(26-38(34)44)43(9,10)36-22-16-27-13-14-28-23-32(42(6,7)8)24-29-15-19-35(36)40(27)39(28)29/h13-26H,11-12H2,1-10H3. The fourth-order valence-corrected chi connectivity index (χ4v) is 8.32. The SMILES string of the molecule is CCC1(CC)c2cc(C(C)(C)C)ccc2-c2ccc(C(C)(C)c3ccc4ccc5cc(C(C)(C)C)cc6ccc3c4c56)cc21. The summed E-state index contributed by atoms with van der Waals surface area (Å²) in [5.41, 5.74) is 11.7. The van der Waals surface area contributed by atoms with Gasteiger partial charge < -0.3 is 0 Å². The van der Waals surface area contributed by atoms with E-state index in [9.17, 15) is 0 Å². The minimum atomic E-state index is -0.160. The molecule has 0 radical (unpaired) electrons. The Balaban J connectivity index is 1.42. The van der Waals surface area contributed by atoms with Gasteiger partial charge in [0.1, 0.15) is 0 Å². The molecule has 0 aromatic heterocycles. The smallest absolute Gasteiger partial charge is 0.0210 e. The lowest BCUT2D eigenvalue weighted by Gasteiger charge is -2.33. The summed E-state index contributed by atoms with van der Waals surface area (Å²) in [5.74, 6) is 0. The van der Waals surface area contributed by atoms with Crippen LogP contribution < -0.4 is 0 Å². The van der Waals surface area contributed by atoms with Gasteiger partial charge in [-0.2, -0.15) is 0 Å². The van der Waals surface area contributed by atoms with Crippen LogP contribution in [0, 0.1) is 0 Å². The molecule has 0 bridgehead atoms. The summed E-state index contributed by atoms with van der Waals surface area (Å²) in [4.78, 5) is 0. The summed E-state index contributed by atoms with van der Waals surface area (Å²) < 4.78 is 0. The molecular weight excluding hydrogens is 528 g/mol. The summed E-state index contributed by atoms with van der Waals surface area (Å²) in [7, 11) is 0. The summed E-state index contributed by atoms with van der Waals surface area (Å²) in [6.45, 7) is 23.5. The predicted octanol–water partition coefficient (Wildman–Crippen LogP) is 12.6. The Labute approximate surface area is 264 Å². The van der Waals surface area contributed by atoms with E-state index in [2.05, 4.69) is 154 Å². The van der Waals surface area contributed by atoms with Crippen molar-refractivity contribution in [1.29, 1.82) is 0 Å². The minimum Gasteiger partial charge on any atom is -0.0642 e. The first kappa shape index (κ1) is 29.1. The van der Waals surface area contributed by atoms with E-state index >= 15 is 0 Å². The largest absolute Gasteiger partial charge is 0.0642 e.